The van der Waals surface area contributed by atoms with E-state index in [0.717, 1.165) is 25.9 Å². The number of carbonyl (C=O) groups excluding carboxylic acids is 1. The van der Waals surface area contributed by atoms with Crippen LogP contribution in [-0.4, -0.2) is 37.5 Å². The number of nitrogens with zero attached hydrogens (tertiary/aromatic N) is 1. The van der Waals surface area contributed by atoms with Gasteiger partial charge in [0.25, 0.3) is 0 Å². The summed E-state index contributed by atoms with van der Waals surface area (Å²) in [7, 11) is 1.87. The van der Waals surface area contributed by atoms with Crippen LogP contribution in [0.5, 0.6) is 0 Å². The van der Waals surface area contributed by atoms with E-state index < -0.39 is 0 Å². The molecule has 0 fully saturated rings. The molecule has 0 saturated heterocycles. The lowest BCUT2D eigenvalue weighted by Crippen LogP contribution is -2.36. The molecule has 3 nitrogen and oxygen atoms in total. The van der Waals surface area contributed by atoms with Crippen molar-refractivity contribution in [2.45, 2.75) is 33.1 Å². The lowest BCUT2D eigenvalue weighted by atomic mass is 10.1. The lowest BCUT2D eigenvalue weighted by Gasteiger charge is -2.17. The van der Waals surface area contributed by atoms with E-state index in [1.165, 1.54) is 17.5 Å². The van der Waals surface area contributed by atoms with Crippen LogP contribution in [0.2, 0.25) is 0 Å². The summed E-state index contributed by atoms with van der Waals surface area (Å²) in [5.74, 6) is 0.157. The van der Waals surface area contributed by atoms with E-state index in [1.807, 2.05) is 14.0 Å². The third-order valence-corrected chi connectivity index (χ3v) is 3.25. The molecule has 1 rings (SSSR count). The second-order valence-electron chi connectivity index (χ2n) is 4.91. The van der Waals surface area contributed by atoms with Gasteiger partial charge in [-0.2, -0.15) is 0 Å². The summed E-state index contributed by atoms with van der Waals surface area (Å²) in [5, 5.41) is 3.06. The second kappa shape index (κ2) is 8.70. The zero-order valence-electron chi connectivity index (χ0n) is 12.4. The number of likely N-dealkylation sites (N-methyl/N-ethyl adjacent to an activating group) is 2. The maximum atomic E-state index is 11.7. The van der Waals surface area contributed by atoms with Crippen molar-refractivity contribution < 1.29 is 4.79 Å². The summed E-state index contributed by atoms with van der Waals surface area (Å²) in [6, 6.07) is 8.74. The maximum Gasteiger partial charge on any atom is 0.236 e. The van der Waals surface area contributed by atoms with Gasteiger partial charge in [0.05, 0.1) is 6.54 Å². The van der Waals surface area contributed by atoms with E-state index in [-0.39, 0.29) is 5.91 Å². The van der Waals surface area contributed by atoms with E-state index >= 15 is 0 Å². The zero-order valence-corrected chi connectivity index (χ0v) is 12.4. The van der Waals surface area contributed by atoms with Crippen molar-refractivity contribution in [1.29, 1.82) is 0 Å². The molecule has 0 spiro atoms. The zero-order chi connectivity index (χ0) is 14.1. The standard InChI is InChI=1S/C16H26N2O/c1-4-6-14-7-9-15(10-8-14)11-12-18(3)16(19)13-17-5-2/h7-10,17H,4-6,11-13H2,1-3H3. The van der Waals surface area contributed by atoms with Crippen LogP contribution >= 0.6 is 0 Å². The molecule has 0 unspecified atom stereocenters. The summed E-state index contributed by atoms with van der Waals surface area (Å²) in [6.45, 7) is 6.24. The van der Waals surface area contributed by atoms with Crippen molar-refractivity contribution in [3.8, 4) is 0 Å². The molecule has 0 atom stereocenters. The number of rotatable bonds is 8. The molecule has 0 heterocycles. The summed E-state index contributed by atoms with van der Waals surface area (Å²) in [5.41, 5.74) is 2.69. The number of aryl methyl sites for hydroxylation is 1. The monoisotopic (exact) mass is 262 g/mol. The van der Waals surface area contributed by atoms with Gasteiger partial charge in [-0.25, -0.2) is 0 Å². The molecule has 19 heavy (non-hydrogen) atoms. The van der Waals surface area contributed by atoms with Crippen LogP contribution in [0.1, 0.15) is 31.4 Å². The fourth-order valence-electron chi connectivity index (χ4n) is 1.95. The first-order chi connectivity index (χ1) is 9.17. The van der Waals surface area contributed by atoms with E-state index in [2.05, 4.69) is 36.5 Å². The third-order valence-electron chi connectivity index (χ3n) is 3.25. The SMILES string of the molecule is CCCc1ccc(CCN(C)C(=O)CNCC)cc1. The highest BCUT2D eigenvalue weighted by Gasteiger charge is 2.07. The fourth-order valence-corrected chi connectivity index (χ4v) is 1.95. The van der Waals surface area contributed by atoms with Gasteiger partial charge >= 0.3 is 0 Å². The second-order valence-corrected chi connectivity index (χ2v) is 4.91. The van der Waals surface area contributed by atoms with Gasteiger partial charge in [0.2, 0.25) is 5.91 Å². The molecule has 1 aromatic rings. The fraction of sp³-hybridized carbons (Fsp3) is 0.562. The Morgan fingerprint density at radius 1 is 1.11 bits per heavy atom. The summed E-state index contributed by atoms with van der Waals surface area (Å²) in [4.78, 5) is 13.5. The molecule has 0 bridgehead atoms. The third kappa shape index (κ3) is 5.88. The Labute approximate surface area is 117 Å². The first kappa shape index (κ1) is 15.7. The molecule has 0 aromatic heterocycles. The topological polar surface area (TPSA) is 32.3 Å². The number of hydrogen-bond donors (Lipinski definition) is 1. The average Bonchev–Trinajstić information content (AvgIpc) is 2.44. The van der Waals surface area contributed by atoms with Gasteiger partial charge in [0.15, 0.2) is 0 Å². The van der Waals surface area contributed by atoms with Gasteiger partial charge in [-0.1, -0.05) is 44.5 Å². The normalized spacial score (nSPS) is 10.5. The van der Waals surface area contributed by atoms with E-state index in [4.69, 9.17) is 0 Å². The van der Waals surface area contributed by atoms with Gasteiger partial charge in [0.1, 0.15) is 0 Å². The Morgan fingerprint density at radius 3 is 2.21 bits per heavy atom. The molecular weight excluding hydrogens is 236 g/mol. The average molecular weight is 262 g/mol. The Morgan fingerprint density at radius 2 is 1.68 bits per heavy atom. The minimum atomic E-state index is 0.157. The van der Waals surface area contributed by atoms with Crippen molar-refractivity contribution in [3.63, 3.8) is 0 Å². The molecule has 0 saturated carbocycles. The molecule has 0 aliphatic rings. The molecule has 1 amide bonds. The maximum absolute atomic E-state index is 11.7. The highest BCUT2D eigenvalue weighted by molar-refractivity contribution is 5.77. The molecule has 1 N–H and O–H groups in total. The summed E-state index contributed by atoms with van der Waals surface area (Å²) in [6.07, 6.45) is 3.24. The van der Waals surface area contributed by atoms with Crippen LogP contribution in [0.4, 0.5) is 0 Å². The van der Waals surface area contributed by atoms with Crippen LogP contribution in [0.25, 0.3) is 0 Å². The van der Waals surface area contributed by atoms with Crippen LogP contribution in [0.15, 0.2) is 24.3 Å². The Kier molecular flexibility index (Phi) is 7.19. The smallest absolute Gasteiger partial charge is 0.236 e. The van der Waals surface area contributed by atoms with Crippen molar-refractivity contribution >= 4 is 5.91 Å². The van der Waals surface area contributed by atoms with Crippen molar-refractivity contribution in [2.24, 2.45) is 0 Å². The van der Waals surface area contributed by atoms with Gasteiger partial charge in [-0.15, -0.1) is 0 Å². The predicted octanol–water partition coefficient (Wildman–Crippen LogP) is 2.25. The first-order valence-corrected chi connectivity index (χ1v) is 7.19. The highest BCUT2D eigenvalue weighted by Crippen LogP contribution is 2.07. The van der Waals surface area contributed by atoms with Crippen LogP contribution in [0.3, 0.4) is 0 Å². The van der Waals surface area contributed by atoms with Gasteiger partial charge in [0, 0.05) is 13.6 Å². The molecular formula is C16H26N2O. The van der Waals surface area contributed by atoms with Crippen molar-refractivity contribution in [3.05, 3.63) is 35.4 Å². The quantitative estimate of drug-likeness (QED) is 0.779. The predicted molar refractivity (Wildman–Crippen MR) is 80.3 cm³/mol. The minimum Gasteiger partial charge on any atom is -0.344 e. The van der Waals surface area contributed by atoms with Crippen molar-refractivity contribution in [2.75, 3.05) is 26.7 Å². The first-order valence-electron chi connectivity index (χ1n) is 7.19. The number of amides is 1. The van der Waals surface area contributed by atoms with Crippen LogP contribution in [0, 0.1) is 0 Å². The van der Waals surface area contributed by atoms with Gasteiger partial charge in [-0.3, -0.25) is 4.79 Å². The highest BCUT2D eigenvalue weighted by atomic mass is 16.2. The Balaban J connectivity index is 2.37. The molecule has 0 aliphatic heterocycles. The number of benzene rings is 1. The van der Waals surface area contributed by atoms with Gasteiger partial charge in [-0.05, 0) is 30.5 Å². The van der Waals surface area contributed by atoms with Crippen LogP contribution in [-0.2, 0) is 17.6 Å². The number of carbonyl (C=O) groups is 1. The Hall–Kier alpha value is -1.35. The van der Waals surface area contributed by atoms with E-state index in [0.29, 0.717) is 6.54 Å². The number of hydrogen-bond acceptors (Lipinski definition) is 2. The molecule has 0 aliphatic carbocycles. The van der Waals surface area contributed by atoms with Gasteiger partial charge < -0.3 is 10.2 Å². The van der Waals surface area contributed by atoms with E-state index in [1.54, 1.807) is 4.90 Å². The molecule has 3 heteroatoms. The largest absolute Gasteiger partial charge is 0.344 e. The number of nitrogens with one attached hydrogen (secondary N) is 1. The lowest BCUT2D eigenvalue weighted by molar-refractivity contribution is -0.128. The molecule has 106 valence electrons. The summed E-state index contributed by atoms with van der Waals surface area (Å²) < 4.78 is 0. The summed E-state index contributed by atoms with van der Waals surface area (Å²) >= 11 is 0. The van der Waals surface area contributed by atoms with Crippen molar-refractivity contribution in [1.82, 2.24) is 10.2 Å². The Bertz CT molecular complexity index is 373. The van der Waals surface area contributed by atoms with Crippen LogP contribution < -0.4 is 5.32 Å². The molecule has 0 radical (unpaired) electrons. The molecule has 1 aromatic carbocycles. The minimum absolute atomic E-state index is 0.157. The van der Waals surface area contributed by atoms with E-state index in [9.17, 15) is 4.79 Å².